The van der Waals surface area contributed by atoms with Gasteiger partial charge in [0.05, 0.1) is 18.0 Å². The van der Waals surface area contributed by atoms with Crippen LogP contribution in [0.1, 0.15) is 26.7 Å². The molecule has 0 heterocycles. The average Bonchev–Trinajstić information content (AvgIpc) is 2.44. The fraction of sp³-hybridized carbons (Fsp3) is 0.500. The van der Waals surface area contributed by atoms with Crippen molar-refractivity contribution >= 4 is 21.7 Å². The van der Waals surface area contributed by atoms with Gasteiger partial charge in [-0.1, -0.05) is 0 Å². The number of ether oxygens (including phenoxy) is 1. The van der Waals surface area contributed by atoms with Gasteiger partial charge in [0.2, 0.25) is 10.0 Å². The van der Waals surface area contributed by atoms with E-state index in [1.807, 2.05) is 6.92 Å². The Morgan fingerprint density at radius 2 is 1.86 bits per heavy atom. The Balaban J connectivity index is 2.92. The van der Waals surface area contributed by atoms with E-state index in [1.54, 1.807) is 31.2 Å². The molecule has 0 aliphatic heterocycles. The SMILES string of the molecule is CCOc1ccc(N(CCCC(=O)O)S(=O)(=O)CC)cc1. The normalized spacial score (nSPS) is 11.1. The lowest BCUT2D eigenvalue weighted by Gasteiger charge is -2.23. The first-order valence-corrected chi connectivity index (χ1v) is 8.46. The number of hydrogen-bond acceptors (Lipinski definition) is 4. The first kappa shape index (κ1) is 17.3. The van der Waals surface area contributed by atoms with E-state index in [0.717, 1.165) is 0 Å². The van der Waals surface area contributed by atoms with Crippen molar-refractivity contribution in [2.24, 2.45) is 0 Å². The molecule has 21 heavy (non-hydrogen) atoms. The average molecular weight is 315 g/mol. The summed E-state index contributed by atoms with van der Waals surface area (Å²) in [4.78, 5) is 10.6. The van der Waals surface area contributed by atoms with Gasteiger partial charge in [0.15, 0.2) is 0 Å². The van der Waals surface area contributed by atoms with E-state index in [1.165, 1.54) is 4.31 Å². The summed E-state index contributed by atoms with van der Waals surface area (Å²) in [6.45, 7) is 4.12. The second-order valence-electron chi connectivity index (χ2n) is 4.40. The molecule has 1 aromatic carbocycles. The molecule has 0 aromatic heterocycles. The van der Waals surface area contributed by atoms with E-state index in [-0.39, 0.29) is 25.1 Å². The van der Waals surface area contributed by atoms with Crippen LogP contribution in [0, 0.1) is 0 Å². The number of carbonyl (C=O) groups is 1. The fourth-order valence-electron chi connectivity index (χ4n) is 1.83. The van der Waals surface area contributed by atoms with Crippen LogP contribution in [0.5, 0.6) is 5.75 Å². The molecule has 1 aromatic rings. The Kier molecular flexibility index (Phi) is 6.48. The lowest BCUT2D eigenvalue weighted by Crippen LogP contribution is -2.33. The van der Waals surface area contributed by atoms with Gasteiger partial charge in [-0.15, -0.1) is 0 Å². The molecule has 0 radical (unpaired) electrons. The second kappa shape index (κ2) is 7.87. The maximum Gasteiger partial charge on any atom is 0.303 e. The Bertz CT molecular complexity index is 553. The third-order valence-electron chi connectivity index (χ3n) is 2.89. The number of benzene rings is 1. The van der Waals surface area contributed by atoms with Crippen LogP contribution in [0.4, 0.5) is 5.69 Å². The molecule has 118 valence electrons. The standard InChI is InChI=1S/C14H21NO5S/c1-3-20-13-9-7-12(8-10-13)15(21(18,19)4-2)11-5-6-14(16)17/h7-10H,3-6,11H2,1-2H3,(H,16,17). The lowest BCUT2D eigenvalue weighted by atomic mass is 10.2. The van der Waals surface area contributed by atoms with E-state index in [9.17, 15) is 13.2 Å². The van der Waals surface area contributed by atoms with Gasteiger partial charge in [-0.05, 0) is 44.5 Å². The summed E-state index contributed by atoms with van der Waals surface area (Å²) >= 11 is 0. The summed E-state index contributed by atoms with van der Waals surface area (Å²) in [7, 11) is -3.44. The highest BCUT2D eigenvalue weighted by atomic mass is 32.2. The van der Waals surface area contributed by atoms with Crippen molar-refractivity contribution in [3.8, 4) is 5.75 Å². The zero-order valence-electron chi connectivity index (χ0n) is 12.3. The van der Waals surface area contributed by atoms with Gasteiger partial charge in [0.1, 0.15) is 5.75 Å². The predicted octanol–water partition coefficient (Wildman–Crippen LogP) is 2.11. The number of rotatable bonds is 9. The number of nitrogens with zero attached hydrogens (tertiary/aromatic N) is 1. The van der Waals surface area contributed by atoms with E-state index in [4.69, 9.17) is 9.84 Å². The Labute approximate surface area is 125 Å². The van der Waals surface area contributed by atoms with Crippen LogP contribution in [-0.4, -0.2) is 38.4 Å². The quantitative estimate of drug-likeness (QED) is 0.754. The highest BCUT2D eigenvalue weighted by molar-refractivity contribution is 7.92. The van der Waals surface area contributed by atoms with Crippen molar-refractivity contribution in [2.45, 2.75) is 26.7 Å². The minimum absolute atomic E-state index is 0.0344. The molecule has 0 unspecified atom stereocenters. The third-order valence-corrected chi connectivity index (χ3v) is 4.68. The van der Waals surface area contributed by atoms with Crippen molar-refractivity contribution < 1.29 is 23.1 Å². The molecule has 6 nitrogen and oxygen atoms in total. The van der Waals surface area contributed by atoms with E-state index < -0.39 is 16.0 Å². The van der Waals surface area contributed by atoms with Crippen molar-refractivity contribution in [3.63, 3.8) is 0 Å². The number of anilines is 1. The summed E-state index contributed by atoms with van der Waals surface area (Å²) in [5, 5.41) is 8.67. The molecule has 1 N–H and O–H groups in total. The molecule has 0 bridgehead atoms. The molecule has 0 spiro atoms. The maximum absolute atomic E-state index is 12.1. The van der Waals surface area contributed by atoms with Crippen LogP contribution in [0.15, 0.2) is 24.3 Å². The molecule has 0 amide bonds. The lowest BCUT2D eigenvalue weighted by molar-refractivity contribution is -0.137. The van der Waals surface area contributed by atoms with Crippen LogP contribution in [0.2, 0.25) is 0 Å². The Morgan fingerprint density at radius 3 is 2.33 bits per heavy atom. The van der Waals surface area contributed by atoms with Crippen molar-refractivity contribution in [1.82, 2.24) is 0 Å². The summed E-state index contributed by atoms with van der Waals surface area (Å²) in [5.74, 6) is -0.302. The Hall–Kier alpha value is -1.76. The van der Waals surface area contributed by atoms with Gasteiger partial charge in [0.25, 0.3) is 0 Å². The van der Waals surface area contributed by atoms with Crippen LogP contribution in [-0.2, 0) is 14.8 Å². The predicted molar refractivity (Wildman–Crippen MR) is 81.3 cm³/mol. The monoisotopic (exact) mass is 315 g/mol. The summed E-state index contributed by atoms with van der Waals surface area (Å²) < 4.78 is 30.8. The maximum atomic E-state index is 12.1. The number of sulfonamides is 1. The van der Waals surface area contributed by atoms with Crippen LogP contribution < -0.4 is 9.04 Å². The molecule has 0 aliphatic rings. The topological polar surface area (TPSA) is 83.9 Å². The largest absolute Gasteiger partial charge is 0.494 e. The van der Waals surface area contributed by atoms with E-state index in [2.05, 4.69) is 0 Å². The number of aliphatic carboxylic acids is 1. The molecule has 0 fully saturated rings. The Morgan fingerprint density at radius 1 is 1.24 bits per heavy atom. The molecule has 7 heteroatoms. The van der Waals surface area contributed by atoms with Crippen LogP contribution in [0.3, 0.4) is 0 Å². The highest BCUT2D eigenvalue weighted by Gasteiger charge is 2.20. The van der Waals surface area contributed by atoms with E-state index in [0.29, 0.717) is 18.0 Å². The molecule has 0 saturated heterocycles. The van der Waals surface area contributed by atoms with Crippen LogP contribution >= 0.6 is 0 Å². The molecular formula is C14H21NO5S. The second-order valence-corrected chi connectivity index (χ2v) is 6.58. The molecular weight excluding hydrogens is 294 g/mol. The number of carboxylic acids is 1. The highest BCUT2D eigenvalue weighted by Crippen LogP contribution is 2.22. The molecule has 0 atom stereocenters. The van der Waals surface area contributed by atoms with Gasteiger partial charge in [-0.3, -0.25) is 9.10 Å². The van der Waals surface area contributed by atoms with Gasteiger partial charge >= 0.3 is 5.97 Å². The minimum Gasteiger partial charge on any atom is -0.494 e. The third kappa shape index (κ3) is 5.26. The van der Waals surface area contributed by atoms with Crippen molar-refractivity contribution in [2.75, 3.05) is 23.2 Å². The molecule has 0 saturated carbocycles. The zero-order chi connectivity index (χ0) is 15.9. The van der Waals surface area contributed by atoms with Crippen molar-refractivity contribution in [1.29, 1.82) is 0 Å². The van der Waals surface area contributed by atoms with Crippen molar-refractivity contribution in [3.05, 3.63) is 24.3 Å². The van der Waals surface area contributed by atoms with Gasteiger partial charge in [-0.25, -0.2) is 8.42 Å². The summed E-state index contributed by atoms with van der Waals surface area (Å²) in [6, 6.07) is 6.74. The smallest absolute Gasteiger partial charge is 0.303 e. The molecule has 0 aliphatic carbocycles. The van der Waals surface area contributed by atoms with Gasteiger partial charge in [-0.2, -0.15) is 0 Å². The van der Waals surface area contributed by atoms with Gasteiger partial charge in [0, 0.05) is 13.0 Å². The number of carboxylic acid groups (broad SMARTS) is 1. The van der Waals surface area contributed by atoms with E-state index >= 15 is 0 Å². The minimum atomic E-state index is -3.44. The molecule has 1 rings (SSSR count). The van der Waals surface area contributed by atoms with Gasteiger partial charge < -0.3 is 9.84 Å². The summed E-state index contributed by atoms with van der Waals surface area (Å²) in [5.41, 5.74) is 0.519. The zero-order valence-corrected chi connectivity index (χ0v) is 13.1. The first-order valence-electron chi connectivity index (χ1n) is 6.85. The summed E-state index contributed by atoms with van der Waals surface area (Å²) in [6.07, 6.45) is 0.203. The number of hydrogen-bond donors (Lipinski definition) is 1. The first-order chi connectivity index (χ1) is 9.90. The fourth-order valence-corrected chi connectivity index (χ4v) is 3.00. The van der Waals surface area contributed by atoms with Crippen LogP contribution in [0.25, 0.3) is 0 Å².